The van der Waals surface area contributed by atoms with E-state index in [0.29, 0.717) is 17.9 Å². The van der Waals surface area contributed by atoms with Crippen LogP contribution >= 0.6 is 11.8 Å². The fourth-order valence-electron chi connectivity index (χ4n) is 3.01. The molecule has 1 atom stereocenters. The van der Waals surface area contributed by atoms with Gasteiger partial charge in [-0.15, -0.1) is 0 Å². The highest BCUT2D eigenvalue weighted by Crippen LogP contribution is 2.25. The van der Waals surface area contributed by atoms with Gasteiger partial charge in [0, 0.05) is 30.6 Å². The summed E-state index contributed by atoms with van der Waals surface area (Å²) in [5.74, 6) is 3.12. The molecule has 1 amide bonds. The molecule has 19 heavy (non-hydrogen) atoms. The maximum absolute atomic E-state index is 12.7. The predicted molar refractivity (Wildman–Crippen MR) is 82.5 cm³/mol. The zero-order valence-corrected chi connectivity index (χ0v) is 13.2. The van der Waals surface area contributed by atoms with E-state index in [9.17, 15) is 4.79 Å². The van der Waals surface area contributed by atoms with Gasteiger partial charge >= 0.3 is 0 Å². The average molecular weight is 284 g/mol. The smallest absolute Gasteiger partial charge is 0.240 e. The second kappa shape index (κ2) is 7.53. The van der Waals surface area contributed by atoms with Crippen LogP contribution in [0.5, 0.6) is 0 Å². The van der Waals surface area contributed by atoms with Crippen molar-refractivity contribution in [3.05, 3.63) is 0 Å². The quantitative estimate of drug-likeness (QED) is 0.842. The second-order valence-corrected chi connectivity index (χ2v) is 7.38. The first-order valence-corrected chi connectivity index (χ1v) is 8.95. The van der Waals surface area contributed by atoms with Gasteiger partial charge in [0.1, 0.15) is 0 Å². The molecule has 1 saturated heterocycles. The van der Waals surface area contributed by atoms with E-state index in [4.69, 9.17) is 0 Å². The number of rotatable bonds is 5. The van der Waals surface area contributed by atoms with Crippen LogP contribution in [0.3, 0.4) is 0 Å². The molecule has 0 bridgehead atoms. The van der Waals surface area contributed by atoms with E-state index in [1.165, 1.54) is 25.7 Å². The molecule has 2 rings (SSSR count). The monoisotopic (exact) mass is 284 g/mol. The van der Waals surface area contributed by atoms with Crippen LogP contribution in [0.15, 0.2) is 0 Å². The van der Waals surface area contributed by atoms with Gasteiger partial charge in [-0.05, 0) is 25.2 Å². The summed E-state index contributed by atoms with van der Waals surface area (Å²) in [5, 5.41) is 3.40. The standard InChI is InChI=1S/C15H28N2OS/c1-12(2)7-9-17(13-5-3-4-6-13)15(18)14-11-19-10-8-16-14/h12-14,16H,3-11H2,1-2H3. The largest absolute Gasteiger partial charge is 0.338 e. The molecule has 0 spiro atoms. The molecule has 0 aromatic carbocycles. The lowest BCUT2D eigenvalue weighted by Crippen LogP contribution is -2.53. The molecule has 2 aliphatic rings. The summed E-state index contributed by atoms with van der Waals surface area (Å²) in [5.41, 5.74) is 0. The van der Waals surface area contributed by atoms with E-state index in [1.54, 1.807) is 0 Å². The normalized spacial score (nSPS) is 24.9. The van der Waals surface area contributed by atoms with E-state index < -0.39 is 0 Å². The average Bonchev–Trinajstić information content (AvgIpc) is 2.93. The second-order valence-electron chi connectivity index (χ2n) is 6.23. The molecule has 0 radical (unpaired) electrons. The Balaban J connectivity index is 1.95. The van der Waals surface area contributed by atoms with Gasteiger partial charge in [0.15, 0.2) is 0 Å². The molecule has 1 unspecified atom stereocenters. The lowest BCUT2D eigenvalue weighted by Gasteiger charge is -2.34. The van der Waals surface area contributed by atoms with Crippen LogP contribution in [0.4, 0.5) is 0 Å². The molecule has 1 aliphatic carbocycles. The summed E-state index contributed by atoms with van der Waals surface area (Å²) in [6.07, 6.45) is 6.14. The molecule has 2 fully saturated rings. The Hall–Kier alpha value is -0.220. The summed E-state index contributed by atoms with van der Waals surface area (Å²) < 4.78 is 0. The number of carbonyl (C=O) groups excluding carboxylic acids is 1. The van der Waals surface area contributed by atoms with Gasteiger partial charge < -0.3 is 10.2 Å². The minimum Gasteiger partial charge on any atom is -0.338 e. The van der Waals surface area contributed by atoms with Crippen LogP contribution in [-0.4, -0.2) is 47.5 Å². The molecule has 0 aromatic rings. The van der Waals surface area contributed by atoms with Crippen molar-refractivity contribution in [2.75, 3.05) is 24.6 Å². The van der Waals surface area contributed by atoms with Crippen LogP contribution in [0.25, 0.3) is 0 Å². The maximum atomic E-state index is 12.7. The summed E-state index contributed by atoms with van der Waals surface area (Å²) in [4.78, 5) is 15.0. The minimum atomic E-state index is 0.0616. The summed E-state index contributed by atoms with van der Waals surface area (Å²) in [6.45, 7) is 6.41. The zero-order valence-electron chi connectivity index (χ0n) is 12.4. The third kappa shape index (κ3) is 4.38. The Morgan fingerprint density at radius 3 is 2.68 bits per heavy atom. The third-order valence-electron chi connectivity index (χ3n) is 4.22. The van der Waals surface area contributed by atoms with Gasteiger partial charge in [-0.1, -0.05) is 26.7 Å². The summed E-state index contributed by atoms with van der Waals surface area (Å²) in [7, 11) is 0. The SMILES string of the molecule is CC(C)CCN(C(=O)C1CSCCN1)C1CCCC1. The number of hydrogen-bond acceptors (Lipinski definition) is 3. The van der Waals surface area contributed by atoms with Crippen molar-refractivity contribution in [2.45, 2.75) is 58.0 Å². The predicted octanol–water partition coefficient (Wildman–Crippen LogP) is 2.51. The number of nitrogens with one attached hydrogen (secondary N) is 1. The Kier molecular flexibility index (Phi) is 6.02. The molecule has 1 saturated carbocycles. The van der Waals surface area contributed by atoms with E-state index in [1.807, 2.05) is 11.8 Å². The van der Waals surface area contributed by atoms with Crippen LogP contribution < -0.4 is 5.32 Å². The number of thioether (sulfide) groups is 1. The highest BCUT2D eigenvalue weighted by Gasteiger charge is 2.31. The van der Waals surface area contributed by atoms with Crippen molar-refractivity contribution >= 4 is 17.7 Å². The molecule has 110 valence electrons. The topological polar surface area (TPSA) is 32.3 Å². The van der Waals surface area contributed by atoms with E-state index in [0.717, 1.165) is 31.0 Å². The maximum Gasteiger partial charge on any atom is 0.240 e. The Labute approximate surface area is 121 Å². The van der Waals surface area contributed by atoms with E-state index in [-0.39, 0.29) is 6.04 Å². The summed E-state index contributed by atoms with van der Waals surface area (Å²) in [6, 6.07) is 0.575. The number of amides is 1. The molecular weight excluding hydrogens is 256 g/mol. The fraction of sp³-hybridized carbons (Fsp3) is 0.933. The van der Waals surface area contributed by atoms with Gasteiger partial charge in [0.2, 0.25) is 5.91 Å². The van der Waals surface area contributed by atoms with Crippen molar-refractivity contribution in [3.8, 4) is 0 Å². The number of nitrogens with zero attached hydrogens (tertiary/aromatic N) is 1. The lowest BCUT2D eigenvalue weighted by atomic mass is 10.1. The Morgan fingerprint density at radius 2 is 2.11 bits per heavy atom. The van der Waals surface area contributed by atoms with E-state index >= 15 is 0 Å². The van der Waals surface area contributed by atoms with Crippen LogP contribution in [0.2, 0.25) is 0 Å². The first-order valence-electron chi connectivity index (χ1n) is 7.80. The van der Waals surface area contributed by atoms with Crippen molar-refractivity contribution in [1.82, 2.24) is 10.2 Å². The van der Waals surface area contributed by atoms with Gasteiger partial charge in [0.25, 0.3) is 0 Å². The van der Waals surface area contributed by atoms with Gasteiger partial charge in [-0.25, -0.2) is 0 Å². The van der Waals surface area contributed by atoms with Crippen molar-refractivity contribution < 1.29 is 4.79 Å². The Morgan fingerprint density at radius 1 is 1.37 bits per heavy atom. The lowest BCUT2D eigenvalue weighted by molar-refractivity contribution is -0.135. The zero-order chi connectivity index (χ0) is 13.7. The van der Waals surface area contributed by atoms with Gasteiger partial charge in [-0.2, -0.15) is 11.8 Å². The highest BCUT2D eigenvalue weighted by atomic mass is 32.2. The Bertz CT molecular complexity index is 284. The molecule has 4 heteroatoms. The van der Waals surface area contributed by atoms with Crippen LogP contribution in [-0.2, 0) is 4.79 Å². The third-order valence-corrected chi connectivity index (χ3v) is 5.28. The summed E-state index contributed by atoms with van der Waals surface area (Å²) >= 11 is 1.91. The number of hydrogen-bond donors (Lipinski definition) is 1. The highest BCUT2D eigenvalue weighted by molar-refractivity contribution is 7.99. The van der Waals surface area contributed by atoms with Crippen LogP contribution in [0.1, 0.15) is 46.0 Å². The molecular formula is C15H28N2OS. The molecule has 1 N–H and O–H groups in total. The van der Waals surface area contributed by atoms with Crippen molar-refractivity contribution in [2.24, 2.45) is 5.92 Å². The molecule has 0 aromatic heterocycles. The molecule has 1 heterocycles. The first kappa shape index (κ1) is 15.2. The number of carbonyl (C=O) groups is 1. The fourth-order valence-corrected chi connectivity index (χ4v) is 3.94. The minimum absolute atomic E-state index is 0.0616. The van der Waals surface area contributed by atoms with Gasteiger partial charge in [0.05, 0.1) is 6.04 Å². The van der Waals surface area contributed by atoms with Crippen molar-refractivity contribution in [1.29, 1.82) is 0 Å². The molecule has 1 aliphatic heterocycles. The first-order chi connectivity index (χ1) is 9.18. The molecule has 3 nitrogen and oxygen atoms in total. The van der Waals surface area contributed by atoms with E-state index in [2.05, 4.69) is 24.1 Å². The van der Waals surface area contributed by atoms with Crippen molar-refractivity contribution in [3.63, 3.8) is 0 Å². The van der Waals surface area contributed by atoms with Crippen LogP contribution in [0, 0.1) is 5.92 Å². The van der Waals surface area contributed by atoms with Gasteiger partial charge in [-0.3, -0.25) is 4.79 Å².